The van der Waals surface area contributed by atoms with E-state index in [1.54, 1.807) is 13.0 Å². The number of aromatic nitrogens is 2. The summed E-state index contributed by atoms with van der Waals surface area (Å²) < 4.78 is 0. The number of amides is 1. The largest absolute Gasteiger partial charge is 0.480 e. The van der Waals surface area contributed by atoms with E-state index in [0.717, 1.165) is 5.56 Å². The molecule has 0 aliphatic rings. The number of carbonyl (C=O) groups is 2. The molecular formula is C15H17N3O3. The van der Waals surface area contributed by atoms with E-state index >= 15 is 0 Å². The van der Waals surface area contributed by atoms with E-state index in [-0.39, 0.29) is 12.1 Å². The third-order valence-electron chi connectivity index (χ3n) is 3.46. The Morgan fingerprint density at radius 1 is 1.33 bits per heavy atom. The molecule has 1 heterocycles. The summed E-state index contributed by atoms with van der Waals surface area (Å²) in [4.78, 5) is 23.3. The van der Waals surface area contributed by atoms with Crippen molar-refractivity contribution in [2.75, 3.05) is 0 Å². The topological polar surface area (TPSA) is 95.1 Å². The van der Waals surface area contributed by atoms with Crippen molar-refractivity contribution in [3.63, 3.8) is 0 Å². The van der Waals surface area contributed by atoms with Crippen LogP contribution in [0.3, 0.4) is 0 Å². The molecule has 110 valence electrons. The first-order valence-electron chi connectivity index (χ1n) is 6.63. The summed E-state index contributed by atoms with van der Waals surface area (Å²) in [6, 6.07) is 11.0. The molecule has 6 heteroatoms. The maximum Gasteiger partial charge on any atom is 0.329 e. The number of nitrogens with one attached hydrogen (secondary N) is 2. The minimum Gasteiger partial charge on any atom is -0.480 e. The SMILES string of the molecule is CCC(C)(NC(=O)c1cc(-c2ccccc2)n[nH]1)C(=O)O. The normalized spacial score (nSPS) is 13.4. The smallest absolute Gasteiger partial charge is 0.329 e. The van der Waals surface area contributed by atoms with Gasteiger partial charge in [0.05, 0.1) is 5.69 Å². The van der Waals surface area contributed by atoms with Gasteiger partial charge in [0, 0.05) is 5.56 Å². The van der Waals surface area contributed by atoms with Gasteiger partial charge in [-0.25, -0.2) is 4.79 Å². The second-order valence-corrected chi connectivity index (χ2v) is 4.98. The molecule has 0 fully saturated rings. The Kier molecular flexibility index (Phi) is 4.07. The van der Waals surface area contributed by atoms with Crippen LogP contribution < -0.4 is 5.32 Å². The van der Waals surface area contributed by atoms with E-state index in [1.807, 2.05) is 30.3 Å². The quantitative estimate of drug-likeness (QED) is 0.784. The molecule has 0 spiro atoms. The number of carboxylic acids is 1. The molecule has 6 nitrogen and oxygen atoms in total. The van der Waals surface area contributed by atoms with Crippen LogP contribution in [-0.2, 0) is 4.79 Å². The van der Waals surface area contributed by atoms with Crippen LogP contribution in [0.4, 0.5) is 0 Å². The first-order chi connectivity index (χ1) is 9.96. The molecule has 1 aromatic heterocycles. The van der Waals surface area contributed by atoms with Crippen molar-refractivity contribution in [1.29, 1.82) is 0 Å². The first-order valence-corrected chi connectivity index (χ1v) is 6.63. The number of hydrogen-bond donors (Lipinski definition) is 3. The van der Waals surface area contributed by atoms with Crippen LogP contribution in [0.1, 0.15) is 30.8 Å². The van der Waals surface area contributed by atoms with Crippen molar-refractivity contribution in [1.82, 2.24) is 15.5 Å². The molecule has 0 radical (unpaired) electrons. The van der Waals surface area contributed by atoms with Gasteiger partial charge in [-0.1, -0.05) is 37.3 Å². The molecule has 1 amide bonds. The summed E-state index contributed by atoms with van der Waals surface area (Å²) in [6.45, 7) is 3.18. The predicted molar refractivity (Wildman–Crippen MR) is 77.8 cm³/mol. The van der Waals surface area contributed by atoms with Crippen LogP contribution in [-0.4, -0.2) is 32.7 Å². The molecule has 2 rings (SSSR count). The molecule has 3 N–H and O–H groups in total. The number of H-pyrrole nitrogens is 1. The van der Waals surface area contributed by atoms with Gasteiger partial charge in [-0.3, -0.25) is 9.89 Å². The molecule has 1 unspecified atom stereocenters. The van der Waals surface area contributed by atoms with Gasteiger partial charge in [0.1, 0.15) is 11.2 Å². The van der Waals surface area contributed by atoms with Gasteiger partial charge in [0.15, 0.2) is 0 Å². The van der Waals surface area contributed by atoms with Gasteiger partial charge in [0.25, 0.3) is 5.91 Å². The summed E-state index contributed by atoms with van der Waals surface area (Å²) in [5, 5.41) is 18.4. The summed E-state index contributed by atoms with van der Waals surface area (Å²) in [6.07, 6.45) is 0.285. The third-order valence-corrected chi connectivity index (χ3v) is 3.46. The average molecular weight is 287 g/mol. The number of aromatic amines is 1. The van der Waals surface area contributed by atoms with Crippen LogP contribution in [0.15, 0.2) is 36.4 Å². The van der Waals surface area contributed by atoms with E-state index in [0.29, 0.717) is 5.69 Å². The highest BCUT2D eigenvalue weighted by atomic mass is 16.4. The van der Waals surface area contributed by atoms with Gasteiger partial charge in [-0.15, -0.1) is 0 Å². The van der Waals surface area contributed by atoms with Crippen LogP contribution >= 0.6 is 0 Å². The van der Waals surface area contributed by atoms with Gasteiger partial charge in [0.2, 0.25) is 0 Å². The third kappa shape index (κ3) is 3.10. The average Bonchev–Trinajstić information content (AvgIpc) is 2.97. The van der Waals surface area contributed by atoms with Crippen LogP contribution in [0.25, 0.3) is 11.3 Å². The van der Waals surface area contributed by atoms with Crippen molar-refractivity contribution < 1.29 is 14.7 Å². The van der Waals surface area contributed by atoms with Gasteiger partial charge in [-0.2, -0.15) is 5.10 Å². The Balaban J connectivity index is 2.18. The first kappa shape index (κ1) is 14.8. The Labute approximate surface area is 122 Å². The van der Waals surface area contributed by atoms with Crippen molar-refractivity contribution in [2.45, 2.75) is 25.8 Å². The van der Waals surface area contributed by atoms with E-state index in [4.69, 9.17) is 0 Å². The molecule has 0 saturated heterocycles. The maximum absolute atomic E-state index is 12.1. The zero-order valence-corrected chi connectivity index (χ0v) is 11.9. The zero-order valence-electron chi connectivity index (χ0n) is 11.9. The molecule has 2 aromatic rings. The number of aliphatic carboxylic acids is 1. The van der Waals surface area contributed by atoms with E-state index in [1.165, 1.54) is 6.92 Å². The Bertz CT molecular complexity index is 651. The van der Waals surface area contributed by atoms with E-state index < -0.39 is 17.4 Å². The fourth-order valence-electron chi connectivity index (χ4n) is 1.81. The molecule has 21 heavy (non-hydrogen) atoms. The highest BCUT2D eigenvalue weighted by molar-refractivity contribution is 5.97. The van der Waals surface area contributed by atoms with Crippen LogP contribution in [0.2, 0.25) is 0 Å². The highest BCUT2D eigenvalue weighted by Gasteiger charge is 2.33. The number of carbonyl (C=O) groups excluding carboxylic acids is 1. The Hall–Kier alpha value is -2.63. The van der Waals surface area contributed by atoms with Crippen LogP contribution in [0.5, 0.6) is 0 Å². The predicted octanol–water partition coefficient (Wildman–Crippen LogP) is 2.06. The highest BCUT2D eigenvalue weighted by Crippen LogP contribution is 2.17. The monoisotopic (exact) mass is 287 g/mol. The summed E-state index contributed by atoms with van der Waals surface area (Å²) in [5.41, 5.74) is 0.447. The molecule has 0 saturated carbocycles. The number of nitrogens with zero attached hydrogens (tertiary/aromatic N) is 1. The number of carboxylic acid groups (broad SMARTS) is 1. The lowest BCUT2D eigenvalue weighted by Gasteiger charge is -2.23. The molecule has 1 atom stereocenters. The lowest BCUT2D eigenvalue weighted by Crippen LogP contribution is -2.51. The molecule has 0 bridgehead atoms. The van der Waals surface area contributed by atoms with E-state index in [2.05, 4.69) is 15.5 Å². The Morgan fingerprint density at radius 2 is 2.00 bits per heavy atom. The van der Waals surface area contributed by atoms with Crippen molar-refractivity contribution in [2.24, 2.45) is 0 Å². The second kappa shape index (κ2) is 5.78. The van der Waals surface area contributed by atoms with Gasteiger partial charge in [-0.05, 0) is 19.4 Å². The minimum absolute atomic E-state index is 0.231. The maximum atomic E-state index is 12.1. The minimum atomic E-state index is -1.30. The summed E-state index contributed by atoms with van der Waals surface area (Å²) in [7, 11) is 0. The fourth-order valence-corrected chi connectivity index (χ4v) is 1.81. The standard InChI is InChI=1S/C15H17N3O3/c1-3-15(2,14(20)21)16-13(19)12-9-11(17-18-12)10-7-5-4-6-8-10/h4-9H,3H2,1-2H3,(H,16,19)(H,17,18)(H,20,21). The van der Waals surface area contributed by atoms with Gasteiger partial charge < -0.3 is 10.4 Å². The lowest BCUT2D eigenvalue weighted by molar-refractivity contribution is -0.143. The molecule has 1 aromatic carbocycles. The van der Waals surface area contributed by atoms with Crippen molar-refractivity contribution in [3.05, 3.63) is 42.1 Å². The molecular weight excluding hydrogens is 270 g/mol. The Morgan fingerprint density at radius 3 is 2.57 bits per heavy atom. The zero-order chi connectivity index (χ0) is 15.5. The number of hydrogen-bond acceptors (Lipinski definition) is 3. The molecule has 0 aliphatic heterocycles. The van der Waals surface area contributed by atoms with E-state index in [9.17, 15) is 14.7 Å². The van der Waals surface area contributed by atoms with Gasteiger partial charge >= 0.3 is 5.97 Å². The summed E-state index contributed by atoms with van der Waals surface area (Å²) >= 11 is 0. The van der Waals surface area contributed by atoms with Crippen molar-refractivity contribution in [3.8, 4) is 11.3 Å². The molecule has 0 aliphatic carbocycles. The fraction of sp³-hybridized carbons (Fsp3) is 0.267. The van der Waals surface area contributed by atoms with Crippen LogP contribution in [0, 0.1) is 0 Å². The number of benzene rings is 1. The second-order valence-electron chi connectivity index (χ2n) is 4.98. The summed E-state index contributed by atoms with van der Waals surface area (Å²) in [5.74, 6) is -1.56. The lowest BCUT2D eigenvalue weighted by atomic mass is 9.99. The number of rotatable bonds is 5. The van der Waals surface area contributed by atoms with Crippen molar-refractivity contribution >= 4 is 11.9 Å².